The predicted molar refractivity (Wildman–Crippen MR) is 100 cm³/mol. The van der Waals surface area contributed by atoms with Crippen LogP contribution in [0.1, 0.15) is 34.2 Å². The second-order valence-corrected chi connectivity index (χ2v) is 6.56. The fraction of sp³-hybridized carbons (Fsp3) is 0.450. The van der Waals surface area contributed by atoms with Crippen LogP contribution in [-0.2, 0) is 17.8 Å². The maximum Gasteiger partial charge on any atom is 0.268 e. The molecule has 0 bridgehead atoms. The summed E-state index contributed by atoms with van der Waals surface area (Å²) in [5.74, 6) is -0.377. The smallest absolute Gasteiger partial charge is 0.268 e. The first-order valence-electron chi connectivity index (χ1n) is 9.08. The number of rotatable bonds is 5. The Bertz CT molecular complexity index is 777. The lowest BCUT2D eigenvalue weighted by Crippen LogP contribution is -2.36. The van der Waals surface area contributed by atoms with Crippen LogP contribution in [0.2, 0.25) is 0 Å². The molecular formula is C20H26FN3O2. The fourth-order valence-electron chi connectivity index (χ4n) is 3.69. The van der Waals surface area contributed by atoms with Gasteiger partial charge in [-0.1, -0.05) is 12.1 Å². The number of halogens is 1. The summed E-state index contributed by atoms with van der Waals surface area (Å²) in [6.07, 6.45) is 0. The van der Waals surface area contributed by atoms with Gasteiger partial charge in [0.25, 0.3) is 5.91 Å². The molecule has 1 saturated heterocycles. The summed E-state index contributed by atoms with van der Waals surface area (Å²) in [5, 5.41) is 2.97. The van der Waals surface area contributed by atoms with Crippen molar-refractivity contribution in [1.29, 1.82) is 0 Å². The number of benzene rings is 1. The van der Waals surface area contributed by atoms with Crippen molar-refractivity contribution >= 4 is 11.6 Å². The van der Waals surface area contributed by atoms with Crippen LogP contribution >= 0.6 is 0 Å². The lowest BCUT2D eigenvalue weighted by molar-refractivity contribution is 0.0941. The average molecular weight is 359 g/mol. The minimum atomic E-state index is -0.276. The van der Waals surface area contributed by atoms with Crippen molar-refractivity contribution in [2.45, 2.75) is 33.9 Å². The molecule has 0 unspecified atom stereocenters. The quantitative estimate of drug-likeness (QED) is 0.893. The summed E-state index contributed by atoms with van der Waals surface area (Å²) in [7, 11) is 0. The molecule has 0 radical (unpaired) electrons. The van der Waals surface area contributed by atoms with Gasteiger partial charge in [0.1, 0.15) is 11.5 Å². The third-order valence-corrected chi connectivity index (χ3v) is 4.95. The normalized spacial score (nSPS) is 14.5. The second-order valence-electron chi connectivity index (χ2n) is 6.56. The summed E-state index contributed by atoms with van der Waals surface area (Å²) in [6.45, 7) is 10.3. The van der Waals surface area contributed by atoms with Crippen LogP contribution in [0.3, 0.4) is 0 Å². The molecule has 3 rings (SSSR count). The van der Waals surface area contributed by atoms with Gasteiger partial charge in [-0.3, -0.25) is 4.79 Å². The van der Waals surface area contributed by atoms with Crippen molar-refractivity contribution in [2.75, 3.05) is 31.2 Å². The second kappa shape index (κ2) is 7.91. The monoisotopic (exact) mass is 359 g/mol. The van der Waals surface area contributed by atoms with Crippen molar-refractivity contribution in [1.82, 2.24) is 9.88 Å². The Morgan fingerprint density at radius 3 is 2.46 bits per heavy atom. The van der Waals surface area contributed by atoms with Crippen molar-refractivity contribution < 1.29 is 13.9 Å². The number of nitrogens with zero attached hydrogens (tertiary/aromatic N) is 2. The topological polar surface area (TPSA) is 46.5 Å². The summed E-state index contributed by atoms with van der Waals surface area (Å²) in [4.78, 5) is 15.2. The van der Waals surface area contributed by atoms with Crippen molar-refractivity contribution in [2.24, 2.45) is 0 Å². The van der Waals surface area contributed by atoms with Crippen molar-refractivity contribution in [3.63, 3.8) is 0 Å². The zero-order valence-corrected chi connectivity index (χ0v) is 15.6. The Morgan fingerprint density at radius 1 is 1.19 bits per heavy atom. The first-order valence-corrected chi connectivity index (χ1v) is 9.08. The van der Waals surface area contributed by atoms with Crippen LogP contribution < -0.4 is 10.2 Å². The Hall–Kier alpha value is -2.34. The molecule has 1 aliphatic rings. The standard InChI is InChI=1S/C20H26FN3O2/c1-4-24-15(3)18(23-9-11-26-12-10-23)14(2)19(24)20(25)22-13-16-5-7-17(21)8-6-16/h5-8H,4,9-13H2,1-3H3,(H,22,25). The molecule has 2 aromatic rings. The molecule has 0 spiro atoms. The number of anilines is 1. The molecule has 0 saturated carbocycles. The van der Waals surface area contributed by atoms with Gasteiger partial charge >= 0.3 is 0 Å². The Labute approximate surface area is 153 Å². The molecule has 0 atom stereocenters. The van der Waals surface area contributed by atoms with Gasteiger partial charge in [0.2, 0.25) is 0 Å². The minimum absolute atomic E-state index is 0.101. The van der Waals surface area contributed by atoms with E-state index in [1.54, 1.807) is 12.1 Å². The molecule has 1 aromatic heterocycles. The number of ether oxygens (including phenoxy) is 1. The van der Waals surface area contributed by atoms with E-state index in [4.69, 9.17) is 4.74 Å². The van der Waals surface area contributed by atoms with Crippen molar-refractivity contribution in [3.05, 3.63) is 52.6 Å². The molecule has 1 aromatic carbocycles. The summed E-state index contributed by atoms with van der Waals surface area (Å²) in [6, 6.07) is 6.18. The van der Waals surface area contributed by atoms with Crippen LogP contribution in [-0.4, -0.2) is 36.8 Å². The minimum Gasteiger partial charge on any atom is -0.378 e. The lowest BCUT2D eigenvalue weighted by atomic mass is 10.1. The number of carbonyl (C=O) groups excluding carboxylic acids is 1. The average Bonchev–Trinajstić information content (AvgIpc) is 2.91. The highest BCUT2D eigenvalue weighted by Gasteiger charge is 2.26. The summed E-state index contributed by atoms with van der Waals surface area (Å²) >= 11 is 0. The SMILES string of the molecule is CCn1c(C)c(N2CCOCC2)c(C)c1C(=O)NCc1ccc(F)cc1. The number of nitrogens with one attached hydrogen (secondary N) is 1. The molecule has 1 fully saturated rings. The third kappa shape index (κ3) is 3.60. The number of carbonyl (C=O) groups is 1. The van der Waals surface area contributed by atoms with Gasteiger partial charge < -0.3 is 19.5 Å². The largest absolute Gasteiger partial charge is 0.378 e. The van der Waals surface area contributed by atoms with Gasteiger partial charge in [-0.15, -0.1) is 0 Å². The number of morpholine rings is 1. The van der Waals surface area contributed by atoms with E-state index >= 15 is 0 Å². The van der Waals surface area contributed by atoms with E-state index in [0.717, 1.165) is 42.1 Å². The zero-order valence-electron chi connectivity index (χ0n) is 15.6. The van der Waals surface area contributed by atoms with E-state index in [0.29, 0.717) is 25.5 Å². The van der Waals surface area contributed by atoms with Gasteiger partial charge in [-0.2, -0.15) is 0 Å². The molecule has 1 amide bonds. The van der Waals surface area contributed by atoms with Gasteiger partial charge in [0.15, 0.2) is 0 Å². The van der Waals surface area contributed by atoms with E-state index in [1.807, 2.05) is 13.8 Å². The summed E-state index contributed by atoms with van der Waals surface area (Å²) in [5.41, 5.74) is 4.83. The molecule has 1 aliphatic heterocycles. The first-order chi connectivity index (χ1) is 12.5. The number of hydrogen-bond acceptors (Lipinski definition) is 3. The first kappa shape index (κ1) is 18.5. The number of aromatic nitrogens is 1. The van der Waals surface area contributed by atoms with Crippen molar-refractivity contribution in [3.8, 4) is 0 Å². The van der Waals surface area contributed by atoms with Crippen LogP contribution in [0.25, 0.3) is 0 Å². The van der Waals surface area contributed by atoms with Gasteiger partial charge in [0.05, 0.1) is 18.9 Å². The van der Waals surface area contributed by atoms with Gasteiger partial charge in [0, 0.05) is 37.4 Å². The Balaban J connectivity index is 1.83. The van der Waals surface area contributed by atoms with Crippen LogP contribution in [0.15, 0.2) is 24.3 Å². The summed E-state index contributed by atoms with van der Waals surface area (Å²) < 4.78 is 20.5. The molecule has 0 aliphatic carbocycles. The third-order valence-electron chi connectivity index (χ3n) is 4.95. The van der Waals surface area contributed by atoms with Gasteiger partial charge in [-0.05, 0) is 38.5 Å². The highest BCUT2D eigenvalue weighted by atomic mass is 19.1. The molecule has 1 N–H and O–H groups in total. The molecule has 2 heterocycles. The number of amides is 1. The highest BCUT2D eigenvalue weighted by molar-refractivity contribution is 5.96. The van der Waals surface area contributed by atoms with E-state index in [2.05, 4.69) is 21.7 Å². The van der Waals surface area contributed by atoms with E-state index < -0.39 is 0 Å². The number of hydrogen-bond donors (Lipinski definition) is 1. The molecule has 140 valence electrons. The molecule has 26 heavy (non-hydrogen) atoms. The lowest BCUT2D eigenvalue weighted by Gasteiger charge is -2.29. The molecular weight excluding hydrogens is 333 g/mol. The van der Waals surface area contributed by atoms with Crippen LogP contribution in [0.5, 0.6) is 0 Å². The van der Waals surface area contributed by atoms with Crippen LogP contribution in [0, 0.1) is 19.7 Å². The molecule has 5 nitrogen and oxygen atoms in total. The predicted octanol–water partition coefficient (Wildman–Crippen LogP) is 3.03. The Morgan fingerprint density at radius 2 is 1.85 bits per heavy atom. The van der Waals surface area contributed by atoms with Crippen LogP contribution in [0.4, 0.5) is 10.1 Å². The maximum absolute atomic E-state index is 13.0. The van der Waals surface area contributed by atoms with E-state index in [9.17, 15) is 9.18 Å². The van der Waals surface area contributed by atoms with E-state index in [-0.39, 0.29) is 11.7 Å². The highest BCUT2D eigenvalue weighted by Crippen LogP contribution is 2.31. The fourth-order valence-corrected chi connectivity index (χ4v) is 3.69. The zero-order chi connectivity index (χ0) is 18.7. The van der Waals surface area contributed by atoms with E-state index in [1.165, 1.54) is 12.1 Å². The van der Waals surface area contributed by atoms with Gasteiger partial charge in [-0.25, -0.2) is 4.39 Å². The molecule has 6 heteroatoms. The Kier molecular flexibility index (Phi) is 5.61. The maximum atomic E-state index is 13.0.